The van der Waals surface area contributed by atoms with Gasteiger partial charge in [0.1, 0.15) is 0 Å². The molecule has 0 atom stereocenters. The molecule has 0 heterocycles. The Morgan fingerprint density at radius 1 is 1.54 bits per heavy atom. The van der Waals surface area contributed by atoms with Crippen molar-refractivity contribution in [2.75, 3.05) is 6.26 Å². The van der Waals surface area contributed by atoms with E-state index in [0.29, 0.717) is 11.3 Å². The van der Waals surface area contributed by atoms with Gasteiger partial charge in [-0.15, -0.1) is 11.8 Å². The highest BCUT2D eigenvalue weighted by molar-refractivity contribution is 8.03. The summed E-state index contributed by atoms with van der Waals surface area (Å²) in [4.78, 5) is 11.0. The third kappa shape index (κ3) is 5.53. The maximum absolute atomic E-state index is 10.6. The van der Waals surface area contributed by atoms with E-state index in [0.717, 1.165) is 5.57 Å². The fourth-order valence-corrected chi connectivity index (χ4v) is 1.42. The zero-order chi connectivity index (χ0) is 10.9. The van der Waals surface area contributed by atoms with Gasteiger partial charge in [-0.2, -0.15) is 0 Å². The molecule has 0 amide bonds. The van der Waals surface area contributed by atoms with E-state index >= 15 is 0 Å². The Morgan fingerprint density at radius 2 is 2.00 bits per heavy atom. The molecule has 0 aliphatic rings. The highest BCUT2D eigenvalue weighted by atomic mass is 32.2. The normalized spacial score (nSPS) is 10.8. The minimum atomic E-state index is -0.866. The average Bonchev–Trinajstić information content (AvgIpc) is 2.16. The highest BCUT2D eigenvalue weighted by Crippen LogP contribution is 2.19. The first kappa shape index (κ1) is 14.8. The van der Waals surface area contributed by atoms with Crippen LogP contribution in [0.1, 0.15) is 27.2 Å². The first-order valence-corrected chi connectivity index (χ1v) is 5.52. The van der Waals surface area contributed by atoms with E-state index in [1.807, 2.05) is 20.8 Å². The van der Waals surface area contributed by atoms with Crippen molar-refractivity contribution in [2.24, 2.45) is 0 Å². The molecule has 0 fully saturated rings. The molecule has 0 unspecified atom stereocenters. The average molecular weight is 202 g/mol. The zero-order valence-corrected chi connectivity index (χ0v) is 9.57. The van der Waals surface area contributed by atoms with E-state index in [-0.39, 0.29) is 0 Å². The number of carboxylic acids is 1. The number of hydrogen-bond donors (Lipinski definition) is 1. The number of hydrogen-bond acceptors (Lipinski definition) is 2. The van der Waals surface area contributed by atoms with Crippen molar-refractivity contribution in [3.8, 4) is 0 Å². The molecule has 0 spiro atoms. The van der Waals surface area contributed by atoms with Gasteiger partial charge in [0.25, 0.3) is 0 Å². The largest absolute Gasteiger partial charge is 0.477 e. The van der Waals surface area contributed by atoms with Gasteiger partial charge in [0.15, 0.2) is 0 Å². The summed E-state index contributed by atoms with van der Waals surface area (Å²) in [5, 5.41) is 8.68. The Bertz CT molecular complexity index is 195. The van der Waals surface area contributed by atoms with Gasteiger partial charge in [-0.3, -0.25) is 0 Å². The summed E-state index contributed by atoms with van der Waals surface area (Å²) in [7, 11) is 0. The molecule has 0 aliphatic heterocycles. The molecule has 0 radical (unpaired) electrons. The molecule has 1 N–H and O–H groups in total. The quantitative estimate of drug-likeness (QED) is 0.561. The highest BCUT2D eigenvalue weighted by Gasteiger charge is 2.08. The van der Waals surface area contributed by atoms with E-state index < -0.39 is 5.97 Å². The smallest absolute Gasteiger partial charge is 0.342 e. The first-order valence-electron chi connectivity index (χ1n) is 4.30. The summed E-state index contributed by atoms with van der Waals surface area (Å²) in [6.07, 6.45) is 4.06. The second-order valence-corrected chi connectivity index (χ2v) is 2.74. The number of aliphatic carboxylic acids is 1. The van der Waals surface area contributed by atoms with E-state index in [1.165, 1.54) is 11.8 Å². The van der Waals surface area contributed by atoms with Crippen LogP contribution in [0.2, 0.25) is 0 Å². The molecule has 0 saturated heterocycles. The van der Waals surface area contributed by atoms with Gasteiger partial charge < -0.3 is 5.11 Å². The molecule has 0 saturated carbocycles. The third-order valence-electron chi connectivity index (χ3n) is 1.32. The Hall–Kier alpha value is -0.700. The van der Waals surface area contributed by atoms with Crippen LogP contribution in [0.4, 0.5) is 0 Å². The van der Waals surface area contributed by atoms with E-state index in [1.54, 1.807) is 12.3 Å². The standard InChI is InChI=1S/C8H12O2S.C2H6/c1-4-6(5-2)7(11-3)8(9)10;1-2/h4H,1,5H2,2-3H3,(H,9,10);1-2H3/b7-6+;. The number of carbonyl (C=O) groups is 1. The van der Waals surface area contributed by atoms with Crippen molar-refractivity contribution in [1.29, 1.82) is 0 Å². The van der Waals surface area contributed by atoms with Crippen LogP contribution in [0, 0.1) is 0 Å². The van der Waals surface area contributed by atoms with Crippen molar-refractivity contribution in [1.82, 2.24) is 0 Å². The summed E-state index contributed by atoms with van der Waals surface area (Å²) in [5.74, 6) is -0.866. The number of allylic oxidation sites excluding steroid dienone is 2. The predicted molar refractivity (Wildman–Crippen MR) is 60.0 cm³/mol. The van der Waals surface area contributed by atoms with Gasteiger partial charge >= 0.3 is 5.97 Å². The minimum absolute atomic E-state index is 0.391. The molecule has 0 aliphatic carbocycles. The third-order valence-corrected chi connectivity index (χ3v) is 2.16. The summed E-state index contributed by atoms with van der Waals surface area (Å²) in [5.41, 5.74) is 0.796. The topological polar surface area (TPSA) is 37.3 Å². The van der Waals surface area contributed by atoms with Crippen LogP contribution in [0.15, 0.2) is 23.1 Å². The first-order chi connectivity index (χ1) is 6.17. The van der Waals surface area contributed by atoms with Crippen molar-refractivity contribution in [3.05, 3.63) is 23.1 Å². The van der Waals surface area contributed by atoms with E-state index in [4.69, 9.17) is 5.11 Å². The van der Waals surface area contributed by atoms with Gasteiger partial charge in [0, 0.05) is 0 Å². The lowest BCUT2D eigenvalue weighted by Crippen LogP contribution is -1.99. The van der Waals surface area contributed by atoms with E-state index in [2.05, 4.69) is 6.58 Å². The molecule has 0 aromatic carbocycles. The molecular formula is C10H18O2S. The lowest BCUT2D eigenvalue weighted by molar-refractivity contribution is -0.131. The fraction of sp³-hybridized carbons (Fsp3) is 0.500. The minimum Gasteiger partial charge on any atom is -0.477 e. The van der Waals surface area contributed by atoms with Crippen LogP contribution in [0.5, 0.6) is 0 Å². The molecular weight excluding hydrogens is 184 g/mol. The zero-order valence-electron chi connectivity index (χ0n) is 8.76. The van der Waals surface area contributed by atoms with Gasteiger partial charge in [-0.1, -0.05) is 33.4 Å². The molecule has 0 aromatic heterocycles. The van der Waals surface area contributed by atoms with Gasteiger partial charge in [0.2, 0.25) is 0 Å². The molecule has 13 heavy (non-hydrogen) atoms. The van der Waals surface area contributed by atoms with Crippen LogP contribution in [-0.4, -0.2) is 17.3 Å². The molecule has 0 rings (SSSR count). The Labute approximate surface area is 84.7 Å². The summed E-state index contributed by atoms with van der Waals surface area (Å²) >= 11 is 1.24. The molecule has 0 bridgehead atoms. The van der Waals surface area contributed by atoms with Crippen LogP contribution in [0.25, 0.3) is 0 Å². The summed E-state index contributed by atoms with van der Waals surface area (Å²) < 4.78 is 0. The Balaban J connectivity index is 0. The number of rotatable bonds is 4. The van der Waals surface area contributed by atoms with Gasteiger partial charge in [-0.25, -0.2) is 4.79 Å². The summed E-state index contributed by atoms with van der Waals surface area (Å²) in [6, 6.07) is 0. The lowest BCUT2D eigenvalue weighted by atomic mass is 10.2. The number of thioether (sulfide) groups is 1. The number of carboxylic acid groups (broad SMARTS) is 1. The maximum Gasteiger partial charge on any atom is 0.342 e. The van der Waals surface area contributed by atoms with E-state index in [9.17, 15) is 4.79 Å². The molecule has 2 nitrogen and oxygen atoms in total. The monoisotopic (exact) mass is 202 g/mol. The van der Waals surface area contributed by atoms with Crippen LogP contribution in [-0.2, 0) is 4.79 Å². The van der Waals surface area contributed by atoms with Gasteiger partial charge in [0.05, 0.1) is 4.91 Å². The Kier molecular flexibility index (Phi) is 10.7. The van der Waals surface area contributed by atoms with Crippen molar-refractivity contribution < 1.29 is 9.90 Å². The van der Waals surface area contributed by atoms with Crippen LogP contribution < -0.4 is 0 Å². The molecule has 3 heteroatoms. The Morgan fingerprint density at radius 3 is 2.08 bits per heavy atom. The lowest BCUT2D eigenvalue weighted by Gasteiger charge is -2.02. The van der Waals surface area contributed by atoms with Crippen LogP contribution >= 0.6 is 11.8 Å². The SMILES string of the molecule is C=C/C(CC)=C(\SC)C(=O)O.CC. The van der Waals surface area contributed by atoms with Crippen molar-refractivity contribution in [3.63, 3.8) is 0 Å². The molecule has 76 valence electrons. The second-order valence-electron chi connectivity index (χ2n) is 1.92. The summed E-state index contributed by atoms with van der Waals surface area (Å²) in [6.45, 7) is 9.46. The maximum atomic E-state index is 10.6. The van der Waals surface area contributed by atoms with Crippen molar-refractivity contribution in [2.45, 2.75) is 27.2 Å². The molecule has 0 aromatic rings. The predicted octanol–water partition coefficient (Wildman–Crippen LogP) is 3.31. The van der Waals surface area contributed by atoms with Crippen LogP contribution in [0.3, 0.4) is 0 Å². The second kappa shape index (κ2) is 9.39. The van der Waals surface area contributed by atoms with Crippen molar-refractivity contribution >= 4 is 17.7 Å². The fourth-order valence-electron chi connectivity index (χ4n) is 0.753. The van der Waals surface area contributed by atoms with Gasteiger partial charge in [-0.05, 0) is 18.2 Å².